The quantitative estimate of drug-likeness (QED) is 0.798. The number of allylic oxidation sites excluding steroid dienone is 1. The van der Waals surface area contributed by atoms with Crippen molar-refractivity contribution in [1.29, 1.82) is 0 Å². The molecule has 2 nitrogen and oxygen atoms in total. The van der Waals surface area contributed by atoms with Crippen LogP contribution in [-0.4, -0.2) is 12.2 Å². The Kier molecular flexibility index (Phi) is 3.44. The molecule has 3 heteroatoms. The fourth-order valence-electron chi connectivity index (χ4n) is 1.96. The third-order valence-electron chi connectivity index (χ3n) is 2.80. The highest BCUT2D eigenvalue weighted by Gasteiger charge is 2.19. The van der Waals surface area contributed by atoms with E-state index in [1.807, 2.05) is 11.4 Å². The molecule has 0 saturated carbocycles. The highest BCUT2D eigenvalue weighted by Crippen LogP contribution is 2.37. The van der Waals surface area contributed by atoms with Crippen LogP contribution >= 0.6 is 11.3 Å². The zero-order chi connectivity index (χ0) is 10.7. The molecule has 1 N–H and O–H groups in total. The number of rotatable bonds is 3. The smallest absolute Gasteiger partial charge is 0.135 e. The van der Waals surface area contributed by atoms with Crippen LogP contribution in [0.2, 0.25) is 0 Å². The molecule has 1 aliphatic carbocycles. The van der Waals surface area contributed by atoms with Gasteiger partial charge in [0.05, 0.1) is 12.0 Å². The highest BCUT2D eigenvalue weighted by atomic mass is 32.1. The van der Waals surface area contributed by atoms with Gasteiger partial charge in [-0.1, -0.05) is 6.08 Å². The number of aliphatic hydroxyl groups is 1. The normalized spacial score (nSPS) is 18.4. The summed E-state index contributed by atoms with van der Waals surface area (Å²) in [6.07, 6.45) is 6.27. The van der Waals surface area contributed by atoms with Crippen molar-refractivity contribution in [2.24, 2.45) is 0 Å². The van der Waals surface area contributed by atoms with Crippen LogP contribution in [0.3, 0.4) is 0 Å². The Bertz CT molecular complexity index is 354. The van der Waals surface area contributed by atoms with Gasteiger partial charge in [0.15, 0.2) is 0 Å². The fourth-order valence-corrected chi connectivity index (χ4v) is 2.84. The Hall–Kier alpha value is -0.800. The minimum absolute atomic E-state index is 0.458. The standard InChI is InChI=1S/C12H16O2S/c1-14-10-7-8-15-12(10)11(13)9-5-3-2-4-6-9/h5,7-8,11,13H,2-4,6H2,1H3. The Morgan fingerprint density at radius 3 is 3.00 bits per heavy atom. The largest absolute Gasteiger partial charge is 0.495 e. The van der Waals surface area contributed by atoms with Gasteiger partial charge in [-0.25, -0.2) is 0 Å². The first-order valence-corrected chi connectivity index (χ1v) is 6.19. The van der Waals surface area contributed by atoms with Gasteiger partial charge in [0.1, 0.15) is 11.9 Å². The van der Waals surface area contributed by atoms with Gasteiger partial charge >= 0.3 is 0 Å². The summed E-state index contributed by atoms with van der Waals surface area (Å²) in [5.41, 5.74) is 1.15. The average molecular weight is 224 g/mol. The molecule has 1 atom stereocenters. The van der Waals surface area contributed by atoms with Crippen molar-refractivity contribution in [2.45, 2.75) is 31.8 Å². The van der Waals surface area contributed by atoms with E-state index in [0.717, 1.165) is 29.0 Å². The molecular weight excluding hydrogens is 208 g/mol. The number of hydrogen-bond acceptors (Lipinski definition) is 3. The zero-order valence-corrected chi connectivity index (χ0v) is 9.72. The van der Waals surface area contributed by atoms with Gasteiger partial charge < -0.3 is 9.84 Å². The second-order valence-corrected chi connectivity index (χ2v) is 4.73. The van der Waals surface area contributed by atoms with Crippen molar-refractivity contribution in [3.63, 3.8) is 0 Å². The third kappa shape index (κ3) is 2.24. The van der Waals surface area contributed by atoms with Crippen LogP contribution in [-0.2, 0) is 0 Å². The molecule has 0 aliphatic heterocycles. The second-order valence-electron chi connectivity index (χ2n) is 3.78. The molecule has 0 saturated heterocycles. The molecule has 0 fully saturated rings. The fraction of sp³-hybridized carbons (Fsp3) is 0.500. The summed E-state index contributed by atoms with van der Waals surface area (Å²) >= 11 is 1.56. The van der Waals surface area contributed by atoms with Gasteiger partial charge in [-0.15, -0.1) is 11.3 Å². The molecular formula is C12H16O2S. The van der Waals surface area contributed by atoms with E-state index in [4.69, 9.17) is 4.74 Å². The predicted molar refractivity (Wildman–Crippen MR) is 62.4 cm³/mol. The summed E-state index contributed by atoms with van der Waals surface area (Å²) in [7, 11) is 1.65. The molecule has 15 heavy (non-hydrogen) atoms. The number of thiophene rings is 1. The lowest BCUT2D eigenvalue weighted by molar-refractivity contribution is 0.207. The van der Waals surface area contributed by atoms with Crippen LogP contribution < -0.4 is 4.74 Å². The molecule has 0 amide bonds. The SMILES string of the molecule is COc1ccsc1C(O)C1=CCCCC1. The number of ether oxygens (including phenoxy) is 1. The predicted octanol–water partition coefficient (Wildman–Crippen LogP) is 3.29. The van der Waals surface area contributed by atoms with Gasteiger partial charge in [-0.05, 0) is 42.7 Å². The first kappa shape index (κ1) is 10.7. The minimum atomic E-state index is -0.458. The Morgan fingerprint density at radius 1 is 1.47 bits per heavy atom. The van der Waals surface area contributed by atoms with E-state index in [-0.39, 0.29) is 0 Å². The molecule has 0 radical (unpaired) electrons. The molecule has 82 valence electrons. The lowest BCUT2D eigenvalue weighted by Gasteiger charge is -2.18. The van der Waals surface area contributed by atoms with Crippen LogP contribution in [0.15, 0.2) is 23.1 Å². The van der Waals surface area contributed by atoms with Crippen molar-refractivity contribution in [3.8, 4) is 5.75 Å². The highest BCUT2D eigenvalue weighted by molar-refractivity contribution is 7.10. The van der Waals surface area contributed by atoms with Crippen LogP contribution in [0.5, 0.6) is 5.75 Å². The van der Waals surface area contributed by atoms with Crippen molar-refractivity contribution < 1.29 is 9.84 Å². The van der Waals surface area contributed by atoms with Crippen molar-refractivity contribution >= 4 is 11.3 Å². The monoisotopic (exact) mass is 224 g/mol. The molecule has 1 aromatic heterocycles. The maximum absolute atomic E-state index is 10.2. The van der Waals surface area contributed by atoms with E-state index >= 15 is 0 Å². The minimum Gasteiger partial charge on any atom is -0.495 e. The Balaban J connectivity index is 2.19. The van der Waals surface area contributed by atoms with Gasteiger partial charge in [-0.2, -0.15) is 0 Å². The van der Waals surface area contributed by atoms with E-state index in [2.05, 4.69) is 6.08 Å². The van der Waals surface area contributed by atoms with Crippen molar-refractivity contribution in [3.05, 3.63) is 28.0 Å². The molecule has 2 rings (SSSR count). The summed E-state index contributed by atoms with van der Waals surface area (Å²) < 4.78 is 5.22. The lowest BCUT2D eigenvalue weighted by atomic mass is 9.94. The molecule has 0 aromatic carbocycles. The number of aliphatic hydroxyl groups excluding tert-OH is 1. The molecule has 1 heterocycles. The van der Waals surface area contributed by atoms with Gasteiger partial charge in [0.25, 0.3) is 0 Å². The average Bonchev–Trinajstić information content (AvgIpc) is 2.77. The van der Waals surface area contributed by atoms with Crippen molar-refractivity contribution in [2.75, 3.05) is 7.11 Å². The summed E-state index contributed by atoms with van der Waals surface area (Å²) in [5, 5.41) is 12.2. The summed E-state index contributed by atoms with van der Waals surface area (Å²) in [5.74, 6) is 0.805. The lowest BCUT2D eigenvalue weighted by Crippen LogP contribution is -2.04. The molecule has 0 bridgehead atoms. The van der Waals surface area contributed by atoms with Gasteiger partial charge in [0.2, 0.25) is 0 Å². The number of methoxy groups -OCH3 is 1. The maximum atomic E-state index is 10.2. The summed E-state index contributed by atoms with van der Waals surface area (Å²) in [6.45, 7) is 0. The maximum Gasteiger partial charge on any atom is 0.135 e. The van der Waals surface area contributed by atoms with E-state index in [0.29, 0.717) is 0 Å². The Morgan fingerprint density at radius 2 is 2.33 bits per heavy atom. The van der Waals surface area contributed by atoms with Crippen LogP contribution in [0.25, 0.3) is 0 Å². The number of hydrogen-bond donors (Lipinski definition) is 1. The second kappa shape index (κ2) is 4.81. The Labute approximate surface area is 94.2 Å². The molecule has 1 aromatic rings. The first-order chi connectivity index (χ1) is 7.33. The van der Waals surface area contributed by atoms with Crippen LogP contribution in [0.4, 0.5) is 0 Å². The van der Waals surface area contributed by atoms with E-state index < -0.39 is 6.10 Å². The molecule has 0 spiro atoms. The van der Waals surface area contributed by atoms with Crippen LogP contribution in [0, 0.1) is 0 Å². The van der Waals surface area contributed by atoms with E-state index in [1.165, 1.54) is 12.8 Å². The van der Waals surface area contributed by atoms with E-state index in [1.54, 1.807) is 18.4 Å². The van der Waals surface area contributed by atoms with Gasteiger partial charge in [0, 0.05) is 0 Å². The summed E-state index contributed by atoms with van der Waals surface area (Å²) in [6, 6.07) is 1.91. The summed E-state index contributed by atoms with van der Waals surface area (Å²) in [4.78, 5) is 0.936. The third-order valence-corrected chi connectivity index (χ3v) is 3.75. The zero-order valence-electron chi connectivity index (χ0n) is 8.90. The molecule has 1 aliphatic rings. The topological polar surface area (TPSA) is 29.5 Å². The van der Waals surface area contributed by atoms with E-state index in [9.17, 15) is 5.11 Å². The van der Waals surface area contributed by atoms with Crippen molar-refractivity contribution in [1.82, 2.24) is 0 Å². The first-order valence-electron chi connectivity index (χ1n) is 5.31. The molecule has 1 unspecified atom stereocenters. The van der Waals surface area contributed by atoms with Crippen LogP contribution in [0.1, 0.15) is 36.7 Å². The van der Waals surface area contributed by atoms with Gasteiger partial charge in [-0.3, -0.25) is 0 Å².